The Bertz CT molecular complexity index is 1100. The van der Waals surface area contributed by atoms with Gasteiger partial charge in [0.05, 0.1) is 11.0 Å². The maximum absolute atomic E-state index is 12.9. The zero-order chi connectivity index (χ0) is 20.8. The van der Waals surface area contributed by atoms with E-state index in [-0.39, 0.29) is 6.03 Å². The van der Waals surface area contributed by atoms with Crippen LogP contribution in [0.25, 0.3) is 11.0 Å². The number of nitrogens with one attached hydrogen (secondary N) is 2. The molecule has 1 heterocycles. The van der Waals surface area contributed by atoms with Crippen LogP contribution in [0.5, 0.6) is 0 Å². The fourth-order valence-corrected chi connectivity index (χ4v) is 4.04. The smallest absolute Gasteiger partial charge is 0.327 e. The molecule has 2 amide bonds. The van der Waals surface area contributed by atoms with E-state index in [0.717, 1.165) is 27.3 Å². The minimum Gasteiger partial charge on any atom is -0.342 e. The topological polar surface area (TPSA) is 61.0 Å². The number of benzene rings is 3. The van der Waals surface area contributed by atoms with E-state index < -0.39 is 0 Å². The van der Waals surface area contributed by atoms with E-state index in [1.165, 1.54) is 11.9 Å². The van der Waals surface area contributed by atoms with Gasteiger partial charge in [0.15, 0.2) is 0 Å². The highest BCUT2D eigenvalue weighted by Gasteiger charge is 2.15. The van der Waals surface area contributed by atoms with Gasteiger partial charge in [-0.1, -0.05) is 60.1 Å². The van der Waals surface area contributed by atoms with Crippen molar-refractivity contribution in [2.75, 3.05) is 6.54 Å². The molecule has 0 spiro atoms. The summed E-state index contributed by atoms with van der Waals surface area (Å²) in [4.78, 5) is 23.6. The van der Waals surface area contributed by atoms with E-state index in [4.69, 9.17) is 11.6 Å². The van der Waals surface area contributed by atoms with Crippen molar-refractivity contribution < 1.29 is 4.79 Å². The lowest BCUT2D eigenvalue weighted by Crippen LogP contribution is -2.38. The van der Waals surface area contributed by atoms with E-state index in [9.17, 15) is 4.79 Å². The van der Waals surface area contributed by atoms with Crippen molar-refractivity contribution in [1.29, 1.82) is 0 Å². The molecule has 3 aromatic carbocycles. The third-order valence-corrected chi connectivity index (χ3v) is 5.61. The standard InChI is InChI=1S/C23H21ClN4OS/c24-18-9-6-10-19(15-18)30-27-23(29)28(16-17-7-2-1-3-8-17)14-13-22-25-20-11-4-5-12-21(20)26-22/h1-12,15H,13-14,16H2,(H,25,26)(H,27,29). The van der Waals surface area contributed by atoms with Gasteiger partial charge in [0.25, 0.3) is 0 Å². The Hall–Kier alpha value is -2.96. The maximum Gasteiger partial charge on any atom is 0.327 e. The molecule has 7 heteroatoms. The number of halogens is 1. The molecule has 1 aromatic heterocycles. The number of aromatic nitrogens is 2. The van der Waals surface area contributed by atoms with Gasteiger partial charge >= 0.3 is 6.03 Å². The van der Waals surface area contributed by atoms with Gasteiger partial charge in [0.1, 0.15) is 5.82 Å². The summed E-state index contributed by atoms with van der Waals surface area (Å²) in [7, 11) is 0. The van der Waals surface area contributed by atoms with Crippen LogP contribution >= 0.6 is 23.5 Å². The Kier molecular flexibility index (Phi) is 6.57. The maximum atomic E-state index is 12.9. The summed E-state index contributed by atoms with van der Waals surface area (Å²) in [5, 5.41) is 0.639. The molecule has 5 nitrogen and oxygen atoms in total. The second-order valence-electron chi connectivity index (χ2n) is 6.82. The first-order valence-electron chi connectivity index (χ1n) is 9.62. The Morgan fingerprint density at radius 3 is 2.63 bits per heavy atom. The molecule has 0 saturated carbocycles. The lowest BCUT2D eigenvalue weighted by atomic mass is 10.2. The van der Waals surface area contributed by atoms with Crippen molar-refractivity contribution in [2.24, 2.45) is 0 Å². The predicted molar refractivity (Wildman–Crippen MR) is 122 cm³/mol. The minimum atomic E-state index is -0.153. The molecular formula is C23H21ClN4OS. The highest BCUT2D eigenvalue weighted by molar-refractivity contribution is 7.98. The molecule has 0 bridgehead atoms. The lowest BCUT2D eigenvalue weighted by Gasteiger charge is -2.22. The fourth-order valence-electron chi connectivity index (χ4n) is 3.12. The molecule has 0 aliphatic heterocycles. The Morgan fingerprint density at radius 1 is 1.03 bits per heavy atom. The molecule has 4 rings (SSSR count). The molecule has 0 aliphatic carbocycles. The molecule has 30 heavy (non-hydrogen) atoms. The molecular weight excluding hydrogens is 416 g/mol. The number of urea groups is 1. The third kappa shape index (κ3) is 5.34. The first-order chi connectivity index (χ1) is 14.7. The number of amides is 2. The summed E-state index contributed by atoms with van der Waals surface area (Å²) in [6, 6.07) is 25.1. The van der Waals surface area contributed by atoms with Gasteiger partial charge in [-0.05, 0) is 47.8 Å². The largest absolute Gasteiger partial charge is 0.342 e. The molecule has 0 aliphatic rings. The van der Waals surface area contributed by atoms with Crippen LogP contribution in [0.4, 0.5) is 4.79 Å². The van der Waals surface area contributed by atoms with Gasteiger partial charge in [0.2, 0.25) is 0 Å². The number of hydrogen-bond acceptors (Lipinski definition) is 3. The van der Waals surface area contributed by atoms with Crippen molar-refractivity contribution >= 4 is 40.6 Å². The Labute approximate surface area is 184 Å². The number of rotatable bonds is 7. The van der Waals surface area contributed by atoms with Crippen molar-refractivity contribution in [3.8, 4) is 0 Å². The number of aromatic amines is 1. The van der Waals surface area contributed by atoms with Crippen LogP contribution in [-0.2, 0) is 13.0 Å². The Morgan fingerprint density at radius 2 is 1.83 bits per heavy atom. The van der Waals surface area contributed by atoms with Gasteiger partial charge in [-0.2, -0.15) is 0 Å². The number of hydrogen-bond donors (Lipinski definition) is 2. The number of carbonyl (C=O) groups is 1. The van der Waals surface area contributed by atoms with Crippen LogP contribution in [-0.4, -0.2) is 27.4 Å². The zero-order valence-corrected chi connectivity index (χ0v) is 17.8. The molecule has 0 atom stereocenters. The Balaban J connectivity index is 1.44. The molecule has 152 valence electrons. The molecule has 0 fully saturated rings. The molecule has 2 N–H and O–H groups in total. The van der Waals surface area contributed by atoms with Crippen LogP contribution in [0.1, 0.15) is 11.4 Å². The summed E-state index contributed by atoms with van der Waals surface area (Å²) in [6.07, 6.45) is 0.636. The average Bonchev–Trinajstić information content (AvgIpc) is 3.19. The number of carbonyl (C=O) groups excluding carboxylic acids is 1. The first-order valence-corrected chi connectivity index (χ1v) is 10.8. The van der Waals surface area contributed by atoms with Crippen molar-refractivity contribution in [1.82, 2.24) is 19.6 Å². The molecule has 0 unspecified atom stereocenters. The number of nitrogens with zero attached hydrogens (tertiary/aromatic N) is 2. The zero-order valence-electron chi connectivity index (χ0n) is 16.2. The van der Waals surface area contributed by atoms with Crippen molar-refractivity contribution in [3.05, 3.63) is 95.3 Å². The number of para-hydroxylation sites is 2. The van der Waals surface area contributed by atoms with E-state index in [1.54, 1.807) is 4.90 Å². The van der Waals surface area contributed by atoms with Crippen LogP contribution in [0.2, 0.25) is 5.02 Å². The summed E-state index contributed by atoms with van der Waals surface area (Å²) < 4.78 is 2.92. The van der Waals surface area contributed by atoms with Gasteiger partial charge in [0, 0.05) is 29.4 Å². The van der Waals surface area contributed by atoms with Crippen LogP contribution in [0.3, 0.4) is 0 Å². The highest BCUT2D eigenvalue weighted by Crippen LogP contribution is 2.20. The second-order valence-corrected chi connectivity index (χ2v) is 8.14. The summed E-state index contributed by atoms with van der Waals surface area (Å²) >= 11 is 7.29. The van der Waals surface area contributed by atoms with Gasteiger partial charge < -0.3 is 9.88 Å². The van der Waals surface area contributed by atoms with Gasteiger partial charge in [-0.25, -0.2) is 9.78 Å². The minimum absolute atomic E-state index is 0.153. The van der Waals surface area contributed by atoms with Crippen LogP contribution in [0, 0.1) is 0 Å². The van der Waals surface area contributed by atoms with E-state index >= 15 is 0 Å². The predicted octanol–water partition coefficient (Wildman–Crippen LogP) is 5.68. The van der Waals surface area contributed by atoms with Crippen LogP contribution < -0.4 is 4.72 Å². The monoisotopic (exact) mass is 436 g/mol. The SMILES string of the molecule is O=C(NSc1cccc(Cl)c1)N(CCc1nc2ccccc2[nH]1)Cc1ccccc1. The average molecular weight is 437 g/mol. The van der Waals surface area contributed by atoms with E-state index in [0.29, 0.717) is 24.5 Å². The van der Waals surface area contributed by atoms with Crippen molar-refractivity contribution in [2.45, 2.75) is 17.9 Å². The molecule has 4 aromatic rings. The normalized spacial score (nSPS) is 10.8. The highest BCUT2D eigenvalue weighted by atomic mass is 35.5. The number of fused-ring (bicyclic) bond motifs is 1. The molecule has 0 radical (unpaired) electrons. The quantitative estimate of drug-likeness (QED) is 0.366. The second kappa shape index (κ2) is 9.69. The molecule has 0 saturated heterocycles. The van der Waals surface area contributed by atoms with E-state index in [2.05, 4.69) is 14.7 Å². The fraction of sp³-hybridized carbons (Fsp3) is 0.130. The summed E-state index contributed by atoms with van der Waals surface area (Å²) in [6.45, 7) is 1.06. The summed E-state index contributed by atoms with van der Waals surface area (Å²) in [5.41, 5.74) is 3.01. The van der Waals surface area contributed by atoms with Gasteiger partial charge in [-0.3, -0.25) is 4.72 Å². The third-order valence-electron chi connectivity index (χ3n) is 4.61. The first kappa shape index (κ1) is 20.3. The van der Waals surface area contributed by atoms with Crippen molar-refractivity contribution in [3.63, 3.8) is 0 Å². The van der Waals surface area contributed by atoms with Crippen LogP contribution in [0.15, 0.2) is 83.8 Å². The lowest BCUT2D eigenvalue weighted by molar-refractivity contribution is 0.202. The summed E-state index contributed by atoms with van der Waals surface area (Å²) in [5.74, 6) is 0.865. The number of H-pyrrole nitrogens is 1. The van der Waals surface area contributed by atoms with E-state index in [1.807, 2.05) is 78.9 Å². The van der Waals surface area contributed by atoms with Gasteiger partial charge in [-0.15, -0.1) is 0 Å². The number of imidazole rings is 1.